The van der Waals surface area contributed by atoms with Crippen LogP contribution in [0, 0.1) is 11.8 Å². The van der Waals surface area contributed by atoms with Gasteiger partial charge in [0.1, 0.15) is 9.88 Å². The summed E-state index contributed by atoms with van der Waals surface area (Å²) in [6, 6.07) is 8.24. The highest BCUT2D eigenvalue weighted by Crippen LogP contribution is 2.30. The van der Waals surface area contributed by atoms with E-state index in [0.717, 1.165) is 15.4 Å². The van der Waals surface area contributed by atoms with Crippen LogP contribution in [0.3, 0.4) is 0 Å². The van der Waals surface area contributed by atoms with Gasteiger partial charge in [0.15, 0.2) is 0 Å². The average molecular weight is 275 g/mol. The molecule has 0 aliphatic heterocycles. The van der Waals surface area contributed by atoms with Crippen LogP contribution in [0.4, 0.5) is 0 Å². The number of aromatic amines is 1. The van der Waals surface area contributed by atoms with E-state index in [4.69, 9.17) is 16.6 Å². The molecule has 4 nitrogen and oxygen atoms in total. The topological polar surface area (TPSA) is 54.7 Å². The number of hydrogen-bond acceptors (Lipinski definition) is 5. The standard InChI is InChI=1S/C12H9N3OS2/c1-7-2-4-8(5-3-7)11-13-6-9(18-11)10-14-15-12(17)16-10/h2-6H,1H3,(H,15,17). The SMILES string of the molecule is Cc1ccc(-c2ncc(-c3n[nH]c(=S)o3)s2)cc1. The number of nitrogens with one attached hydrogen (secondary N) is 1. The second-order valence-electron chi connectivity index (χ2n) is 3.81. The second kappa shape index (κ2) is 4.47. The highest BCUT2D eigenvalue weighted by Gasteiger charge is 2.10. The first-order valence-corrected chi connectivity index (χ1v) is 6.53. The number of thiazole rings is 1. The van der Waals surface area contributed by atoms with Gasteiger partial charge in [-0.1, -0.05) is 29.8 Å². The van der Waals surface area contributed by atoms with Crippen molar-refractivity contribution < 1.29 is 4.42 Å². The Hall–Kier alpha value is -1.79. The molecule has 2 heterocycles. The number of H-pyrrole nitrogens is 1. The molecular weight excluding hydrogens is 266 g/mol. The lowest BCUT2D eigenvalue weighted by Crippen LogP contribution is -1.75. The molecular formula is C12H9N3OS2. The van der Waals surface area contributed by atoms with Gasteiger partial charge in [-0.15, -0.1) is 16.4 Å². The van der Waals surface area contributed by atoms with Crippen molar-refractivity contribution >= 4 is 23.6 Å². The number of nitrogens with zero attached hydrogens (tertiary/aromatic N) is 2. The molecule has 1 N–H and O–H groups in total. The lowest BCUT2D eigenvalue weighted by Gasteiger charge is -1.95. The molecule has 90 valence electrons. The molecule has 0 spiro atoms. The second-order valence-corrected chi connectivity index (χ2v) is 5.22. The van der Waals surface area contributed by atoms with Gasteiger partial charge in [0.2, 0.25) is 0 Å². The molecule has 0 amide bonds. The minimum Gasteiger partial charge on any atom is -0.408 e. The highest BCUT2D eigenvalue weighted by molar-refractivity contribution is 7.71. The van der Waals surface area contributed by atoms with Crippen LogP contribution < -0.4 is 0 Å². The van der Waals surface area contributed by atoms with E-state index in [2.05, 4.69) is 46.4 Å². The Morgan fingerprint density at radius 3 is 2.72 bits per heavy atom. The average Bonchev–Trinajstić information content (AvgIpc) is 2.98. The van der Waals surface area contributed by atoms with E-state index in [1.54, 1.807) is 6.20 Å². The summed E-state index contributed by atoms with van der Waals surface area (Å²) in [5.74, 6) is 0.482. The van der Waals surface area contributed by atoms with Crippen molar-refractivity contribution in [2.75, 3.05) is 0 Å². The maximum atomic E-state index is 5.26. The molecule has 0 atom stereocenters. The van der Waals surface area contributed by atoms with Crippen molar-refractivity contribution in [3.05, 3.63) is 40.9 Å². The molecule has 0 radical (unpaired) electrons. The molecule has 0 fully saturated rings. The van der Waals surface area contributed by atoms with Gasteiger partial charge >= 0.3 is 0 Å². The summed E-state index contributed by atoms with van der Waals surface area (Å²) < 4.78 is 5.26. The summed E-state index contributed by atoms with van der Waals surface area (Å²) in [6.07, 6.45) is 1.74. The maximum Gasteiger partial charge on any atom is 0.284 e. The van der Waals surface area contributed by atoms with Crippen LogP contribution in [0.15, 0.2) is 34.9 Å². The molecule has 2 aromatic heterocycles. The van der Waals surface area contributed by atoms with Crippen LogP contribution in [0.2, 0.25) is 0 Å². The van der Waals surface area contributed by atoms with Gasteiger partial charge in [0.25, 0.3) is 10.7 Å². The molecule has 0 saturated heterocycles. The maximum absolute atomic E-state index is 5.26. The largest absolute Gasteiger partial charge is 0.408 e. The Bertz CT molecular complexity index is 724. The number of benzene rings is 1. The highest BCUT2D eigenvalue weighted by atomic mass is 32.1. The van der Waals surface area contributed by atoms with E-state index < -0.39 is 0 Å². The van der Waals surface area contributed by atoms with Crippen molar-refractivity contribution in [3.63, 3.8) is 0 Å². The van der Waals surface area contributed by atoms with Crippen LogP contribution in [0.25, 0.3) is 21.3 Å². The van der Waals surface area contributed by atoms with Gasteiger partial charge < -0.3 is 4.42 Å². The van der Waals surface area contributed by atoms with Gasteiger partial charge in [-0.3, -0.25) is 0 Å². The molecule has 1 aromatic carbocycles. The molecule has 3 rings (SSSR count). The van der Waals surface area contributed by atoms with E-state index in [9.17, 15) is 0 Å². The van der Waals surface area contributed by atoms with E-state index >= 15 is 0 Å². The van der Waals surface area contributed by atoms with Crippen molar-refractivity contribution in [1.82, 2.24) is 15.2 Å². The first-order chi connectivity index (χ1) is 8.72. The molecule has 0 saturated carbocycles. The van der Waals surface area contributed by atoms with Crippen molar-refractivity contribution in [2.45, 2.75) is 6.92 Å². The smallest absolute Gasteiger partial charge is 0.284 e. The third-order valence-electron chi connectivity index (χ3n) is 2.45. The zero-order chi connectivity index (χ0) is 12.5. The van der Waals surface area contributed by atoms with Crippen molar-refractivity contribution in [3.8, 4) is 21.3 Å². The number of aryl methyl sites for hydroxylation is 1. The van der Waals surface area contributed by atoms with Crippen LogP contribution in [0.5, 0.6) is 0 Å². The zero-order valence-electron chi connectivity index (χ0n) is 9.51. The Morgan fingerprint density at radius 1 is 1.28 bits per heavy atom. The molecule has 18 heavy (non-hydrogen) atoms. The van der Waals surface area contributed by atoms with Gasteiger partial charge in [-0.2, -0.15) is 0 Å². The fourth-order valence-electron chi connectivity index (χ4n) is 1.54. The molecule has 0 aliphatic carbocycles. The van der Waals surface area contributed by atoms with Crippen molar-refractivity contribution in [1.29, 1.82) is 0 Å². The van der Waals surface area contributed by atoms with E-state index in [1.807, 2.05) is 0 Å². The molecule has 0 unspecified atom stereocenters. The summed E-state index contributed by atoms with van der Waals surface area (Å²) in [4.78, 5) is 5.50. The lowest BCUT2D eigenvalue weighted by molar-refractivity contribution is 0.553. The first kappa shape index (κ1) is 11.3. The fraction of sp³-hybridized carbons (Fsp3) is 0.0833. The lowest BCUT2D eigenvalue weighted by atomic mass is 10.2. The number of rotatable bonds is 2. The normalized spacial score (nSPS) is 10.7. The van der Waals surface area contributed by atoms with Gasteiger partial charge in [-0.25, -0.2) is 10.1 Å². The fourth-order valence-corrected chi connectivity index (χ4v) is 2.51. The summed E-state index contributed by atoms with van der Waals surface area (Å²) >= 11 is 6.37. The third-order valence-corrected chi connectivity index (χ3v) is 3.66. The molecule has 0 aliphatic rings. The van der Waals surface area contributed by atoms with Crippen LogP contribution in [-0.2, 0) is 0 Å². The van der Waals surface area contributed by atoms with Crippen LogP contribution in [-0.4, -0.2) is 15.2 Å². The number of aromatic nitrogens is 3. The minimum absolute atomic E-state index is 0.273. The van der Waals surface area contributed by atoms with Crippen LogP contribution >= 0.6 is 23.6 Å². The zero-order valence-corrected chi connectivity index (χ0v) is 11.1. The predicted molar refractivity (Wildman–Crippen MR) is 73.0 cm³/mol. The molecule has 0 bridgehead atoms. The minimum atomic E-state index is 0.273. The first-order valence-electron chi connectivity index (χ1n) is 5.31. The Labute approximate surface area is 112 Å². The van der Waals surface area contributed by atoms with Crippen molar-refractivity contribution in [2.24, 2.45) is 0 Å². The number of hydrogen-bond donors (Lipinski definition) is 1. The Balaban J connectivity index is 1.98. The van der Waals surface area contributed by atoms with Gasteiger partial charge in [0, 0.05) is 5.56 Å². The monoisotopic (exact) mass is 275 g/mol. The Kier molecular flexibility index (Phi) is 2.81. The van der Waals surface area contributed by atoms with Gasteiger partial charge in [-0.05, 0) is 19.1 Å². The third kappa shape index (κ3) is 2.12. The van der Waals surface area contributed by atoms with Gasteiger partial charge in [0.05, 0.1) is 6.20 Å². The summed E-state index contributed by atoms with van der Waals surface area (Å²) in [7, 11) is 0. The predicted octanol–water partition coefficient (Wildman–Crippen LogP) is 3.83. The summed E-state index contributed by atoms with van der Waals surface area (Å²) in [5.41, 5.74) is 2.32. The van der Waals surface area contributed by atoms with E-state index in [-0.39, 0.29) is 4.84 Å². The summed E-state index contributed by atoms with van der Waals surface area (Å²) in [6.45, 7) is 2.06. The van der Waals surface area contributed by atoms with Crippen LogP contribution in [0.1, 0.15) is 5.56 Å². The quantitative estimate of drug-likeness (QED) is 0.722. The summed E-state index contributed by atoms with van der Waals surface area (Å²) in [5, 5.41) is 7.52. The van der Waals surface area contributed by atoms with E-state index in [0.29, 0.717) is 5.89 Å². The molecule has 6 heteroatoms. The Morgan fingerprint density at radius 2 is 2.06 bits per heavy atom. The molecule has 3 aromatic rings. The van der Waals surface area contributed by atoms with E-state index in [1.165, 1.54) is 16.9 Å².